The predicted octanol–water partition coefficient (Wildman–Crippen LogP) is 3.46. The van der Waals surface area contributed by atoms with Crippen LogP contribution in [0, 0.1) is 11.8 Å². The molecule has 0 aromatic heterocycles. The summed E-state index contributed by atoms with van der Waals surface area (Å²) in [6, 6.07) is 11.5. The molecule has 1 aliphatic heterocycles. The summed E-state index contributed by atoms with van der Waals surface area (Å²) in [7, 11) is 0. The lowest BCUT2D eigenvalue weighted by Crippen LogP contribution is -2.35. The zero-order chi connectivity index (χ0) is 13.8. The highest BCUT2D eigenvalue weighted by molar-refractivity contribution is 5.19. The fourth-order valence-corrected chi connectivity index (χ4v) is 3.89. The smallest absolute Gasteiger partial charge is 0.0449 e. The Morgan fingerprint density at radius 2 is 2.00 bits per heavy atom. The van der Waals surface area contributed by atoms with E-state index in [1.807, 2.05) is 0 Å². The van der Waals surface area contributed by atoms with Crippen LogP contribution in [0.2, 0.25) is 0 Å². The second kappa shape index (κ2) is 6.73. The van der Waals surface area contributed by atoms with Crippen LogP contribution < -0.4 is 5.32 Å². The van der Waals surface area contributed by atoms with Gasteiger partial charge >= 0.3 is 0 Å². The van der Waals surface area contributed by atoms with E-state index in [0.717, 1.165) is 18.4 Å². The fourth-order valence-electron chi connectivity index (χ4n) is 3.89. The van der Waals surface area contributed by atoms with Crippen LogP contribution in [0.3, 0.4) is 0 Å². The van der Waals surface area contributed by atoms with E-state index in [-0.39, 0.29) is 0 Å². The molecule has 1 heterocycles. The first-order valence-corrected chi connectivity index (χ1v) is 8.33. The molecule has 1 aliphatic carbocycles. The van der Waals surface area contributed by atoms with Crippen LogP contribution in [-0.4, -0.2) is 31.1 Å². The van der Waals surface area contributed by atoms with Gasteiger partial charge in [0.25, 0.3) is 0 Å². The average molecular weight is 272 g/mol. The van der Waals surface area contributed by atoms with E-state index < -0.39 is 0 Å². The first kappa shape index (κ1) is 14.1. The molecule has 0 spiro atoms. The molecule has 3 unspecified atom stereocenters. The Morgan fingerprint density at radius 3 is 2.75 bits per heavy atom. The molecule has 1 N–H and O–H groups in total. The molecule has 1 saturated carbocycles. The highest BCUT2D eigenvalue weighted by Gasteiger charge is 2.27. The van der Waals surface area contributed by atoms with Crippen molar-refractivity contribution in [3.63, 3.8) is 0 Å². The van der Waals surface area contributed by atoms with Crippen LogP contribution in [0.1, 0.15) is 44.2 Å². The summed E-state index contributed by atoms with van der Waals surface area (Å²) in [5.74, 6) is 1.87. The summed E-state index contributed by atoms with van der Waals surface area (Å²) in [4.78, 5) is 2.71. The van der Waals surface area contributed by atoms with Gasteiger partial charge in [0.1, 0.15) is 0 Å². The summed E-state index contributed by atoms with van der Waals surface area (Å²) < 4.78 is 0. The van der Waals surface area contributed by atoms with E-state index in [2.05, 4.69) is 47.5 Å². The van der Waals surface area contributed by atoms with E-state index in [0.29, 0.717) is 6.04 Å². The summed E-state index contributed by atoms with van der Waals surface area (Å²) in [5, 5.41) is 3.72. The molecular formula is C18H28N2. The van der Waals surface area contributed by atoms with Gasteiger partial charge in [0, 0.05) is 19.1 Å². The van der Waals surface area contributed by atoms with E-state index in [4.69, 9.17) is 0 Å². The molecule has 2 heteroatoms. The number of benzene rings is 1. The standard InChI is InChI=1S/C18H28N2/c1-15-7-5-10-17(15)13-20-12-6-11-19-18(14-20)16-8-3-2-4-9-16/h2-4,8-9,15,17-19H,5-7,10-14H2,1H3. The summed E-state index contributed by atoms with van der Waals surface area (Å²) in [5.41, 5.74) is 1.44. The van der Waals surface area contributed by atoms with Crippen molar-refractivity contribution in [3.05, 3.63) is 35.9 Å². The van der Waals surface area contributed by atoms with Crippen molar-refractivity contribution in [1.82, 2.24) is 10.2 Å². The first-order valence-electron chi connectivity index (χ1n) is 8.33. The van der Waals surface area contributed by atoms with Gasteiger partial charge in [0.05, 0.1) is 0 Å². The second-order valence-electron chi connectivity index (χ2n) is 6.70. The lowest BCUT2D eigenvalue weighted by molar-refractivity contribution is 0.207. The van der Waals surface area contributed by atoms with Crippen molar-refractivity contribution in [1.29, 1.82) is 0 Å². The Labute approximate surface area is 123 Å². The molecule has 3 atom stereocenters. The summed E-state index contributed by atoms with van der Waals surface area (Å²) >= 11 is 0. The normalized spacial score (nSPS) is 32.1. The minimum atomic E-state index is 0.510. The van der Waals surface area contributed by atoms with E-state index >= 15 is 0 Å². The SMILES string of the molecule is CC1CCCC1CN1CCCNC(c2ccccc2)C1. The van der Waals surface area contributed by atoms with E-state index in [1.54, 1.807) is 0 Å². The number of rotatable bonds is 3. The number of hydrogen-bond acceptors (Lipinski definition) is 2. The monoisotopic (exact) mass is 272 g/mol. The van der Waals surface area contributed by atoms with Crippen LogP contribution in [-0.2, 0) is 0 Å². The van der Waals surface area contributed by atoms with E-state index in [9.17, 15) is 0 Å². The summed E-state index contributed by atoms with van der Waals surface area (Å²) in [6.07, 6.45) is 5.62. The van der Waals surface area contributed by atoms with Gasteiger partial charge in [0.2, 0.25) is 0 Å². The molecule has 1 saturated heterocycles. The Morgan fingerprint density at radius 1 is 1.15 bits per heavy atom. The van der Waals surface area contributed by atoms with Gasteiger partial charge in [-0.05, 0) is 43.3 Å². The number of nitrogens with one attached hydrogen (secondary N) is 1. The van der Waals surface area contributed by atoms with Crippen molar-refractivity contribution in [3.8, 4) is 0 Å². The van der Waals surface area contributed by atoms with Crippen molar-refractivity contribution >= 4 is 0 Å². The number of hydrogen-bond donors (Lipinski definition) is 1. The van der Waals surface area contributed by atoms with Gasteiger partial charge in [0.15, 0.2) is 0 Å². The van der Waals surface area contributed by atoms with Gasteiger partial charge in [-0.15, -0.1) is 0 Å². The largest absolute Gasteiger partial charge is 0.309 e. The van der Waals surface area contributed by atoms with Gasteiger partial charge in [-0.25, -0.2) is 0 Å². The Bertz CT molecular complexity index is 403. The van der Waals surface area contributed by atoms with E-state index in [1.165, 1.54) is 50.9 Å². The zero-order valence-electron chi connectivity index (χ0n) is 12.7. The third-order valence-corrected chi connectivity index (χ3v) is 5.22. The van der Waals surface area contributed by atoms with Crippen molar-refractivity contribution in [2.45, 2.75) is 38.6 Å². The molecule has 2 nitrogen and oxygen atoms in total. The molecule has 1 aromatic carbocycles. The Kier molecular flexibility index (Phi) is 4.74. The van der Waals surface area contributed by atoms with Crippen molar-refractivity contribution in [2.24, 2.45) is 11.8 Å². The van der Waals surface area contributed by atoms with Gasteiger partial charge < -0.3 is 10.2 Å². The van der Waals surface area contributed by atoms with Crippen molar-refractivity contribution in [2.75, 3.05) is 26.2 Å². The van der Waals surface area contributed by atoms with Crippen LogP contribution in [0.4, 0.5) is 0 Å². The molecule has 20 heavy (non-hydrogen) atoms. The van der Waals surface area contributed by atoms with Gasteiger partial charge in [-0.3, -0.25) is 0 Å². The average Bonchev–Trinajstić information content (AvgIpc) is 2.75. The van der Waals surface area contributed by atoms with Crippen LogP contribution >= 0.6 is 0 Å². The molecule has 110 valence electrons. The van der Waals surface area contributed by atoms with Gasteiger partial charge in [-0.1, -0.05) is 50.1 Å². The molecule has 2 aliphatic rings. The maximum Gasteiger partial charge on any atom is 0.0449 e. The molecule has 3 rings (SSSR count). The topological polar surface area (TPSA) is 15.3 Å². The second-order valence-corrected chi connectivity index (χ2v) is 6.70. The minimum absolute atomic E-state index is 0.510. The third-order valence-electron chi connectivity index (χ3n) is 5.22. The maximum atomic E-state index is 3.72. The fraction of sp³-hybridized carbons (Fsp3) is 0.667. The summed E-state index contributed by atoms with van der Waals surface area (Å²) in [6.45, 7) is 7.34. The maximum absolute atomic E-state index is 3.72. The predicted molar refractivity (Wildman–Crippen MR) is 84.7 cm³/mol. The lowest BCUT2D eigenvalue weighted by atomic mass is 9.97. The first-order chi connectivity index (χ1) is 9.83. The Balaban J connectivity index is 1.63. The lowest BCUT2D eigenvalue weighted by Gasteiger charge is -2.28. The highest BCUT2D eigenvalue weighted by atomic mass is 15.2. The Hall–Kier alpha value is -0.860. The molecule has 0 bridgehead atoms. The number of nitrogens with zero attached hydrogens (tertiary/aromatic N) is 1. The van der Waals surface area contributed by atoms with Gasteiger partial charge in [-0.2, -0.15) is 0 Å². The molecular weight excluding hydrogens is 244 g/mol. The molecule has 2 fully saturated rings. The minimum Gasteiger partial charge on any atom is -0.309 e. The highest BCUT2D eigenvalue weighted by Crippen LogP contribution is 2.32. The quantitative estimate of drug-likeness (QED) is 0.906. The molecule has 1 aromatic rings. The van der Waals surface area contributed by atoms with Crippen LogP contribution in [0.15, 0.2) is 30.3 Å². The molecule has 0 radical (unpaired) electrons. The third kappa shape index (κ3) is 3.42. The molecule has 0 amide bonds. The van der Waals surface area contributed by atoms with Crippen molar-refractivity contribution < 1.29 is 0 Å². The van der Waals surface area contributed by atoms with Crippen LogP contribution in [0.25, 0.3) is 0 Å². The zero-order valence-corrected chi connectivity index (χ0v) is 12.7. The van der Waals surface area contributed by atoms with Crippen LogP contribution in [0.5, 0.6) is 0 Å².